The summed E-state index contributed by atoms with van der Waals surface area (Å²) in [4.78, 5) is 0. The molecule has 1 aliphatic carbocycles. The van der Waals surface area contributed by atoms with E-state index in [9.17, 15) is 4.39 Å². The first kappa shape index (κ1) is 13.7. The number of ether oxygens (including phenoxy) is 1. The number of nitrogens with two attached hydrogens (primary N) is 1. The fraction of sp³-hybridized carbons (Fsp3) is 0.571. The second-order valence-electron chi connectivity index (χ2n) is 4.73. The molecule has 0 aliphatic heterocycles. The maximum Gasteiger partial charge on any atom is 0.131 e. The highest BCUT2D eigenvalue weighted by molar-refractivity contribution is 7.99. The summed E-state index contributed by atoms with van der Waals surface area (Å²) in [5.41, 5.74) is 6.65. The Labute approximate surface area is 112 Å². The molecule has 0 amide bonds. The molecular formula is C14H20FNOS. The third-order valence-electron chi connectivity index (χ3n) is 3.42. The zero-order valence-corrected chi connectivity index (χ0v) is 11.5. The van der Waals surface area contributed by atoms with Gasteiger partial charge in [-0.1, -0.05) is 18.9 Å². The van der Waals surface area contributed by atoms with E-state index in [4.69, 9.17) is 10.5 Å². The number of methoxy groups -OCH3 is 1. The molecule has 1 unspecified atom stereocenters. The Balaban J connectivity index is 1.93. The fourth-order valence-electron chi connectivity index (χ4n) is 2.32. The van der Waals surface area contributed by atoms with Gasteiger partial charge >= 0.3 is 0 Å². The number of hydrogen-bond acceptors (Lipinski definition) is 3. The van der Waals surface area contributed by atoms with E-state index in [1.807, 2.05) is 11.8 Å². The van der Waals surface area contributed by atoms with Crippen LogP contribution in [0.25, 0.3) is 0 Å². The minimum atomic E-state index is -0.270. The standard InChI is InChI=1S/C14H20FNOS/c1-17-10-6-7-12(13(15)8-10)14(16)9-18-11-4-2-3-5-11/h6-8,11,14H,2-5,9,16H2,1H3. The van der Waals surface area contributed by atoms with Crippen molar-refractivity contribution in [1.29, 1.82) is 0 Å². The maximum absolute atomic E-state index is 13.8. The summed E-state index contributed by atoms with van der Waals surface area (Å²) in [5, 5.41) is 0.720. The van der Waals surface area contributed by atoms with E-state index >= 15 is 0 Å². The topological polar surface area (TPSA) is 35.2 Å². The largest absolute Gasteiger partial charge is 0.497 e. The van der Waals surface area contributed by atoms with Crippen molar-refractivity contribution in [3.05, 3.63) is 29.6 Å². The monoisotopic (exact) mass is 269 g/mol. The fourth-order valence-corrected chi connectivity index (χ4v) is 3.65. The number of benzene rings is 1. The van der Waals surface area contributed by atoms with Crippen molar-refractivity contribution in [2.75, 3.05) is 12.9 Å². The van der Waals surface area contributed by atoms with Crippen molar-refractivity contribution in [1.82, 2.24) is 0 Å². The average molecular weight is 269 g/mol. The molecule has 1 atom stereocenters. The number of hydrogen-bond donors (Lipinski definition) is 1. The third kappa shape index (κ3) is 3.39. The lowest BCUT2D eigenvalue weighted by molar-refractivity contribution is 0.410. The molecule has 100 valence electrons. The molecule has 18 heavy (non-hydrogen) atoms. The van der Waals surface area contributed by atoms with Gasteiger partial charge in [-0.05, 0) is 18.9 Å². The highest BCUT2D eigenvalue weighted by atomic mass is 32.2. The molecule has 1 aromatic carbocycles. The SMILES string of the molecule is COc1ccc(C(N)CSC2CCCC2)c(F)c1. The van der Waals surface area contributed by atoms with Crippen LogP contribution >= 0.6 is 11.8 Å². The minimum absolute atomic E-state index is 0.235. The second kappa shape index (κ2) is 6.43. The van der Waals surface area contributed by atoms with Gasteiger partial charge in [0.2, 0.25) is 0 Å². The van der Waals surface area contributed by atoms with Gasteiger partial charge in [-0.15, -0.1) is 0 Å². The van der Waals surface area contributed by atoms with Gasteiger partial charge in [-0.2, -0.15) is 11.8 Å². The van der Waals surface area contributed by atoms with Crippen LogP contribution in [0.2, 0.25) is 0 Å². The molecule has 2 nitrogen and oxygen atoms in total. The Kier molecular flexibility index (Phi) is 4.89. The molecule has 4 heteroatoms. The van der Waals surface area contributed by atoms with Crippen LogP contribution in [0, 0.1) is 5.82 Å². The number of halogens is 1. The molecule has 0 radical (unpaired) electrons. The van der Waals surface area contributed by atoms with E-state index < -0.39 is 0 Å². The number of rotatable bonds is 5. The van der Waals surface area contributed by atoms with Crippen LogP contribution in [0.1, 0.15) is 37.3 Å². The summed E-state index contributed by atoms with van der Waals surface area (Å²) < 4.78 is 18.8. The summed E-state index contributed by atoms with van der Waals surface area (Å²) in [6, 6.07) is 4.66. The summed E-state index contributed by atoms with van der Waals surface area (Å²) in [5.74, 6) is 1.05. The Hall–Kier alpha value is -0.740. The summed E-state index contributed by atoms with van der Waals surface area (Å²) in [6.07, 6.45) is 5.21. The molecule has 2 rings (SSSR count). The molecule has 2 N–H and O–H groups in total. The van der Waals surface area contributed by atoms with Crippen LogP contribution in [0.5, 0.6) is 5.75 Å². The quantitative estimate of drug-likeness (QED) is 0.888. The molecule has 1 aliphatic rings. The molecule has 0 aromatic heterocycles. The highest BCUT2D eigenvalue weighted by Gasteiger charge is 2.18. The second-order valence-corrected chi connectivity index (χ2v) is 6.07. The molecule has 1 saturated carbocycles. The lowest BCUT2D eigenvalue weighted by Gasteiger charge is -2.16. The Morgan fingerprint density at radius 3 is 2.78 bits per heavy atom. The van der Waals surface area contributed by atoms with Gasteiger partial charge in [0.15, 0.2) is 0 Å². The van der Waals surface area contributed by atoms with E-state index in [2.05, 4.69) is 0 Å². The van der Waals surface area contributed by atoms with Gasteiger partial charge in [0, 0.05) is 28.7 Å². The van der Waals surface area contributed by atoms with E-state index in [0.717, 1.165) is 11.0 Å². The van der Waals surface area contributed by atoms with Crippen molar-refractivity contribution in [3.63, 3.8) is 0 Å². The van der Waals surface area contributed by atoms with Crippen LogP contribution in [-0.2, 0) is 0 Å². The summed E-state index contributed by atoms with van der Waals surface area (Å²) >= 11 is 1.88. The van der Waals surface area contributed by atoms with E-state index in [-0.39, 0.29) is 11.9 Å². The highest BCUT2D eigenvalue weighted by Crippen LogP contribution is 2.32. The van der Waals surface area contributed by atoms with E-state index in [1.54, 1.807) is 12.1 Å². The lowest BCUT2D eigenvalue weighted by atomic mass is 10.1. The van der Waals surface area contributed by atoms with Gasteiger partial charge < -0.3 is 10.5 Å². The van der Waals surface area contributed by atoms with Crippen LogP contribution in [0.4, 0.5) is 4.39 Å². The maximum atomic E-state index is 13.8. The molecule has 0 spiro atoms. The van der Waals surface area contributed by atoms with Gasteiger partial charge in [-0.3, -0.25) is 0 Å². The van der Waals surface area contributed by atoms with Crippen LogP contribution in [0.15, 0.2) is 18.2 Å². The van der Waals surface area contributed by atoms with Crippen LogP contribution in [-0.4, -0.2) is 18.1 Å². The van der Waals surface area contributed by atoms with Crippen molar-refractivity contribution in [2.45, 2.75) is 37.0 Å². The van der Waals surface area contributed by atoms with E-state index in [0.29, 0.717) is 11.3 Å². The first-order valence-corrected chi connectivity index (χ1v) is 7.46. The van der Waals surface area contributed by atoms with Gasteiger partial charge in [-0.25, -0.2) is 4.39 Å². The van der Waals surface area contributed by atoms with Crippen molar-refractivity contribution < 1.29 is 9.13 Å². The zero-order valence-electron chi connectivity index (χ0n) is 10.7. The Morgan fingerprint density at radius 2 is 2.17 bits per heavy atom. The van der Waals surface area contributed by atoms with Crippen LogP contribution < -0.4 is 10.5 Å². The predicted molar refractivity (Wildman–Crippen MR) is 74.6 cm³/mol. The molecule has 1 aromatic rings. The first-order valence-electron chi connectivity index (χ1n) is 6.41. The van der Waals surface area contributed by atoms with E-state index in [1.165, 1.54) is 38.9 Å². The molecule has 0 bridgehead atoms. The van der Waals surface area contributed by atoms with Crippen molar-refractivity contribution in [2.24, 2.45) is 5.73 Å². The smallest absolute Gasteiger partial charge is 0.131 e. The first-order chi connectivity index (χ1) is 8.70. The average Bonchev–Trinajstić information content (AvgIpc) is 2.88. The third-order valence-corrected chi connectivity index (χ3v) is 4.92. The normalized spacial score (nSPS) is 17.9. The van der Waals surface area contributed by atoms with Crippen molar-refractivity contribution >= 4 is 11.8 Å². The zero-order chi connectivity index (χ0) is 13.0. The minimum Gasteiger partial charge on any atom is -0.497 e. The lowest BCUT2D eigenvalue weighted by Crippen LogP contribution is -2.16. The summed E-state index contributed by atoms with van der Waals surface area (Å²) in [6.45, 7) is 0. The predicted octanol–water partition coefficient (Wildman–Crippen LogP) is 3.51. The van der Waals surface area contributed by atoms with Crippen molar-refractivity contribution in [3.8, 4) is 5.75 Å². The van der Waals surface area contributed by atoms with Crippen LogP contribution in [0.3, 0.4) is 0 Å². The molecule has 0 saturated heterocycles. The molecule has 1 fully saturated rings. The Bertz CT molecular complexity index is 393. The number of thioether (sulfide) groups is 1. The van der Waals surface area contributed by atoms with Gasteiger partial charge in [0.1, 0.15) is 11.6 Å². The summed E-state index contributed by atoms with van der Waals surface area (Å²) in [7, 11) is 1.53. The molecular weight excluding hydrogens is 249 g/mol. The van der Waals surface area contributed by atoms with Gasteiger partial charge in [0.25, 0.3) is 0 Å². The molecule has 0 heterocycles. The van der Waals surface area contributed by atoms with Gasteiger partial charge in [0.05, 0.1) is 7.11 Å². The Morgan fingerprint density at radius 1 is 1.44 bits per heavy atom.